The zero-order valence-corrected chi connectivity index (χ0v) is 12.1. The van der Waals surface area contributed by atoms with Crippen LogP contribution >= 0.6 is 0 Å². The Balaban J connectivity index is 2.34. The van der Waals surface area contributed by atoms with Crippen LogP contribution in [0, 0.1) is 5.41 Å². The standard InChI is InChI=1S/C15H31NO/c1-4-11-16-13-15(8-6-5-7-9-15)10-12-17-14(2)3/h14,16H,4-13H2,1-3H3. The molecule has 2 heteroatoms. The van der Waals surface area contributed by atoms with Gasteiger partial charge in [0.1, 0.15) is 0 Å². The van der Waals surface area contributed by atoms with E-state index >= 15 is 0 Å². The first kappa shape index (κ1) is 15.0. The molecular weight excluding hydrogens is 210 g/mol. The minimum absolute atomic E-state index is 0.374. The van der Waals surface area contributed by atoms with Crippen molar-refractivity contribution >= 4 is 0 Å². The fourth-order valence-corrected chi connectivity index (χ4v) is 2.86. The zero-order valence-electron chi connectivity index (χ0n) is 12.1. The Morgan fingerprint density at radius 1 is 1.18 bits per heavy atom. The molecule has 0 bridgehead atoms. The van der Waals surface area contributed by atoms with Crippen LogP contribution in [0.25, 0.3) is 0 Å². The molecule has 1 N–H and O–H groups in total. The Kier molecular flexibility index (Phi) is 7.14. The van der Waals surface area contributed by atoms with Gasteiger partial charge in [-0.15, -0.1) is 0 Å². The van der Waals surface area contributed by atoms with E-state index in [1.807, 2.05) is 0 Å². The largest absolute Gasteiger partial charge is 0.379 e. The molecule has 1 rings (SSSR count). The predicted octanol–water partition coefficient (Wildman–Crippen LogP) is 3.75. The zero-order chi connectivity index (χ0) is 12.6. The maximum Gasteiger partial charge on any atom is 0.0518 e. The molecule has 0 saturated heterocycles. The average Bonchev–Trinajstić information content (AvgIpc) is 2.30. The third kappa shape index (κ3) is 5.87. The van der Waals surface area contributed by atoms with E-state index in [0.717, 1.165) is 13.2 Å². The van der Waals surface area contributed by atoms with Crippen molar-refractivity contribution in [1.82, 2.24) is 5.32 Å². The number of hydrogen-bond donors (Lipinski definition) is 1. The Hall–Kier alpha value is -0.0800. The first-order valence-corrected chi connectivity index (χ1v) is 7.51. The van der Waals surface area contributed by atoms with Crippen LogP contribution in [0.5, 0.6) is 0 Å². The third-order valence-electron chi connectivity index (χ3n) is 3.92. The van der Waals surface area contributed by atoms with E-state index in [2.05, 4.69) is 26.1 Å². The highest BCUT2D eigenvalue weighted by Gasteiger charge is 2.31. The summed E-state index contributed by atoms with van der Waals surface area (Å²) in [5.74, 6) is 0. The highest BCUT2D eigenvalue weighted by atomic mass is 16.5. The molecule has 0 aliphatic heterocycles. The second-order valence-electron chi connectivity index (χ2n) is 5.91. The molecule has 0 amide bonds. The van der Waals surface area contributed by atoms with Gasteiger partial charge in [-0.2, -0.15) is 0 Å². The minimum atomic E-state index is 0.374. The lowest BCUT2D eigenvalue weighted by atomic mass is 9.72. The molecule has 1 fully saturated rings. The van der Waals surface area contributed by atoms with E-state index in [4.69, 9.17) is 4.74 Å². The second-order valence-corrected chi connectivity index (χ2v) is 5.91. The highest BCUT2D eigenvalue weighted by Crippen LogP contribution is 2.38. The fraction of sp³-hybridized carbons (Fsp3) is 1.00. The predicted molar refractivity (Wildman–Crippen MR) is 74.4 cm³/mol. The van der Waals surface area contributed by atoms with Gasteiger partial charge in [0, 0.05) is 13.2 Å². The van der Waals surface area contributed by atoms with Crippen molar-refractivity contribution in [2.75, 3.05) is 19.7 Å². The van der Waals surface area contributed by atoms with Crippen LogP contribution in [0.3, 0.4) is 0 Å². The van der Waals surface area contributed by atoms with Gasteiger partial charge in [-0.3, -0.25) is 0 Å². The van der Waals surface area contributed by atoms with Crippen LogP contribution in [0.1, 0.15) is 65.7 Å². The van der Waals surface area contributed by atoms with Crippen LogP contribution in [-0.4, -0.2) is 25.8 Å². The van der Waals surface area contributed by atoms with E-state index in [-0.39, 0.29) is 0 Å². The number of ether oxygens (including phenoxy) is 1. The van der Waals surface area contributed by atoms with Crippen molar-refractivity contribution < 1.29 is 4.74 Å². The fourth-order valence-electron chi connectivity index (χ4n) is 2.86. The Bertz CT molecular complexity index is 185. The molecule has 0 unspecified atom stereocenters. The summed E-state index contributed by atoms with van der Waals surface area (Å²) >= 11 is 0. The van der Waals surface area contributed by atoms with E-state index in [9.17, 15) is 0 Å². The molecule has 102 valence electrons. The Morgan fingerprint density at radius 3 is 2.47 bits per heavy atom. The molecule has 0 aromatic heterocycles. The van der Waals surface area contributed by atoms with Gasteiger partial charge in [0.05, 0.1) is 6.10 Å². The van der Waals surface area contributed by atoms with Gasteiger partial charge in [0.15, 0.2) is 0 Å². The second kappa shape index (κ2) is 8.10. The van der Waals surface area contributed by atoms with Gasteiger partial charge >= 0.3 is 0 Å². The van der Waals surface area contributed by atoms with Crippen molar-refractivity contribution in [3.05, 3.63) is 0 Å². The molecule has 2 nitrogen and oxygen atoms in total. The number of rotatable bonds is 8. The minimum Gasteiger partial charge on any atom is -0.379 e. The summed E-state index contributed by atoms with van der Waals surface area (Å²) in [5.41, 5.74) is 0.530. The molecule has 1 saturated carbocycles. The maximum atomic E-state index is 5.75. The first-order valence-electron chi connectivity index (χ1n) is 7.51. The van der Waals surface area contributed by atoms with Crippen LogP contribution in [0.4, 0.5) is 0 Å². The van der Waals surface area contributed by atoms with E-state index in [1.54, 1.807) is 0 Å². The van der Waals surface area contributed by atoms with Crippen LogP contribution in [0.2, 0.25) is 0 Å². The van der Waals surface area contributed by atoms with E-state index in [0.29, 0.717) is 11.5 Å². The summed E-state index contributed by atoms with van der Waals surface area (Å²) in [6, 6.07) is 0. The summed E-state index contributed by atoms with van der Waals surface area (Å²) in [4.78, 5) is 0. The summed E-state index contributed by atoms with van der Waals surface area (Å²) in [7, 11) is 0. The average molecular weight is 241 g/mol. The molecule has 0 spiro atoms. The van der Waals surface area contributed by atoms with E-state index < -0.39 is 0 Å². The van der Waals surface area contributed by atoms with Gasteiger partial charge in [-0.1, -0.05) is 26.2 Å². The molecule has 1 aliphatic carbocycles. The summed E-state index contributed by atoms with van der Waals surface area (Å²) in [5, 5.41) is 3.63. The maximum absolute atomic E-state index is 5.75. The topological polar surface area (TPSA) is 21.3 Å². The van der Waals surface area contributed by atoms with Gasteiger partial charge in [-0.25, -0.2) is 0 Å². The molecule has 0 radical (unpaired) electrons. The lowest BCUT2D eigenvalue weighted by Gasteiger charge is -2.38. The van der Waals surface area contributed by atoms with Crippen LogP contribution < -0.4 is 5.32 Å². The molecule has 0 atom stereocenters. The van der Waals surface area contributed by atoms with Crippen molar-refractivity contribution in [1.29, 1.82) is 0 Å². The molecule has 1 aliphatic rings. The molecule has 0 heterocycles. The lowest BCUT2D eigenvalue weighted by Crippen LogP contribution is -2.37. The number of hydrogen-bond acceptors (Lipinski definition) is 2. The van der Waals surface area contributed by atoms with Crippen molar-refractivity contribution in [2.24, 2.45) is 5.41 Å². The van der Waals surface area contributed by atoms with Gasteiger partial charge in [-0.05, 0) is 51.5 Å². The SMILES string of the molecule is CCCNCC1(CCOC(C)C)CCCCC1. The lowest BCUT2D eigenvalue weighted by molar-refractivity contribution is 0.0389. The quantitative estimate of drug-likeness (QED) is 0.653. The van der Waals surface area contributed by atoms with E-state index in [1.165, 1.54) is 51.5 Å². The molecule has 0 aromatic carbocycles. The Morgan fingerprint density at radius 2 is 1.88 bits per heavy atom. The smallest absolute Gasteiger partial charge is 0.0518 e. The normalized spacial score (nSPS) is 19.8. The van der Waals surface area contributed by atoms with Crippen molar-refractivity contribution in [3.8, 4) is 0 Å². The summed E-state index contributed by atoms with van der Waals surface area (Å²) < 4.78 is 5.75. The highest BCUT2D eigenvalue weighted by molar-refractivity contribution is 4.84. The van der Waals surface area contributed by atoms with Crippen molar-refractivity contribution in [2.45, 2.75) is 71.8 Å². The van der Waals surface area contributed by atoms with Gasteiger partial charge < -0.3 is 10.1 Å². The molecule has 0 aromatic rings. The molecule has 17 heavy (non-hydrogen) atoms. The Labute approximate surface area is 108 Å². The number of nitrogens with one attached hydrogen (secondary N) is 1. The van der Waals surface area contributed by atoms with Crippen LogP contribution in [-0.2, 0) is 4.74 Å². The summed E-state index contributed by atoms with van der Waals surface area (Å²) in [6.45, 7) is 9.79. The monoisotopic (exact) mass is 241 g/mol. The van der Waals surface area contributed by atoms with Gasteiger partial charge in [0.2, 0.25) is 0 Å². The molecular formula is C15H31NO. The third-order valence-corrected chi connectivity index (χ3v) is 3.92. The van der Waals surface area contributed by atoms with Gasteiger partial charge in [0.25, 0.3) is 0 Å². The van der Waals surface area contributed by atoms with Crippen LogP contribution in [0.15, 0.2) is 0 Å². The van der Waals surface area contributed by atoms with Crippen molar-refractivity contribution in [3.63, 3.8) is 0 Å². The first-order chi connectivity index (χ1) is 8.18. The summed E-state index contributed by atoms with van der Waals surface area (Å²) in [6.07, 6.45) is 9.89.